The summed E-state index contributed by atoms with van der Waals surface area (Å²) in [4.78, 5) is 12.0. The predicted molar refractivity (Wildman–Crippen MR) is 65.7 cm³/mol. The summed E-state index contributed by atoms with van der Waals surface area (Å²) in [5.41, 5.74) is -1.16. The first kappa shape index (κ1) is 16.3. The third-order valence-corrected chi connectivity index (χ3v) is 3.50. The van der Waals surface area contributed by atoms with Crippen LogP contribution in [0.3, 0.4) is 0 Å². The number of hydrogen-bond donors (Lipinski definition) is 1. The molecule has 1 N–H and O–H groups in total. The Bertz CT molecular complexity index is 284. The van der Waals surface area contributed by atoms with E-state index in [-0.39, 0.29) is 6.61 Å². The van der Waals surface area contributed by atoms with Gasteiger partial charge in [-0.25, -0.2) is 0 Å². The molecule has 6 heteroatoms. The lowest BCUT2D eigenvalue weighted by Gasteiger charge is -2.34. The summed E-state index contributed by atoms with van der Waals surface area (Å²) in [6, 6.07) is 0. The lowest BCUT2D eigenvalue weighted by Crippen LogP contribution is -2.55. The number of halogens is 3. The van der Waals surface area contributed by atoms with E-state index in [2.05, 4.69) is 5.32 Å². The molecule has 0 spiro atoms. The summed E-state index contributed by atoms with van der Waals surface area (Å²) in [5.74, 6) is -0.541. The van der Waals surface area contributed by atoms with Crippen molar-refractivity contribution >= 4 is 5.97 Å². The monoisotopic (exact) mass is 281 g/mol. The van der Waals surface area contributed by atoms with Gasteiger partial charge in [-0.15, -0.1) is 0 Å². The standard InChI is InChI=1S/C13H22F3NO2/c1-2-19-11(18)12(17-10-13(14,15)16)8-6-4-3-5-7-9-12/h17H,2-10H2,1H3. The molecule has 0 unspecified atom stereocenters. The van der Waals surface area contributed by atoms with Crippen molar-refractivity contribution in [2.24, 2.45) is 0 Å². The number of esters is 1. The van der Waals surface area contributed by atoms with Crippen LogP contribution >= 0.6 is 0 Å². The van der Waals surface area contributed by atoms with Gasteiger partial charge in [0.2, 0.25) is 0 Å². The van der Waals surface area contributed by atoms with Gasteiger partial charge in [0.1, 0.15) is 5.54 Å². The van der Waals surface area contributed by atoms with Gasteiger partial charge in [0.25, 0.3) is 0 Å². The fourth-order valence-electron chi connectivity index (χ4n) is 2.50. The van der Waals surface area contributed by atoms with Gasteiger partial charge in [-0.05, 0) is 19.8 Å². The summed E-state index contributed by atoms with van der Waals surface area (Å²) >= 11 is 0. The van der Waals surface area contributed by atoms with Gasteiger partial charge in [0.15, 0.2) is 0 Å². The van der Waals surface area contributed by atoms with Gasteiger partial charge in [-0.1, -0.05) is 32.1 Å². The Morgan fingerprint density at radius 2 is 1.68 bits per heavy atom. The van der Waals surface area contributed by atoms with Crippen LogP contribution in [0.4, 0.5) is 13.2 Å². The van der Waals surface area contributed by atoms with E-state index >= 15 is 0 Å². The van der Waals surface area contributed by atoms with Crippen LogP contribution in [0.25, 0.3) is 0 Å². The zero-order valence-corrected chi connectivity index (χ0v) is 11.3. The van der Waals surface area contributed by atoms with Gasteiger partial charge >= 0.3 is 12.1 Å². The molecule has 0 amide bonds. The quantitative estimate of drug-likeness (QED) is 0.804. The SMILES string of the molecule is CCOC(=O)C1(NCC(F)(F)F)CCCCCCC1. The van der Waals surface area contributed by atoms with Crippen molar-refractivity contribution in [3.63, 3.8) is 0 Å². The number of hydrogen-bond acceptors (Lipinski definition) is 3. The van der Waals surface area contributed by atoms with Crippen molar-refractivity contribution in [1.29, 1.82) is 0 Å². The molecule has 0 aromatic rings. The first-order valence-electron chi connectivity index (χ1n) is 6.89. The fourth-order valence-corrected chi connectivity index (χ4v) is 2.50. The van der Waals surface area contributed by atoms with Crippen molar-refractivity contribution in [3.8, 4) is 0 Å². The molecule has 0 aliphatic heterocycles. The second-order valence-corrected chi connectivity index (χ2v) is 5.04. The van der Waals surface area contributed by atoms with Crippen molar-refractivity contribution < 1.29 is 22.7 Å². The second-order valence-electron chi connectivity index (χ2n) is 5.04. The first-order chi connectivity index (χ1) is 8.90. The molecule has 0 radical (unpaired) electrons. The van der Waals surface area contributed by atoms with E-state index in [4.69, 9.17) is 4.74 Å². The minimum Gasteiger partial charge on any atom is -0.465 e. The number of ether oxygens (including phenoxy) is 1. The molecule has 0 bridgehead atoms. The zero-order valence-electron chi connectivity index (χ0n) is 11.3. The number of carbonyl (C=O) groups is 1. The lowest BCUT2D eigenvalue weighted by atomic mass is 9.83. The van der Waals surface area contributed by atoms with Crippen molar-refractivity contribution in [3.05, 3.63) is 0 Å². The molecular weight excluding hydrogens is 259 g/mol. The molecule has 1 fully saturated rings. The van der Waals surface area contributed by atoms with Crippen LogP contribution in [0.1, 0.15) is 51.9 Å². The van der Waals surface area contributed by atoms with E-state index in [0.29, 0.717) is 12.8 Å². The van der Waals surface area contributed by atoms with Crippen molar-refractivity contribution in [2.75, 3.05) is 13.2 Å². The third kappa shape index (κ3) is 5.38. The third-order valence-electron chi connectivity index (χ3n) is 3.50. The van der Waals surface area contributed by atoms with Crippen LogP contribution in [-0.2, 0) is 9.53 Å². The molecule has 1 rings (SSSR count). The molecule has 1 aliphatic carbocycles. The Hall–Kier alpha value is -0.780. The highest BCUT2D eigenvalue weighted by Crippen LogP contribution is 2.29. The largest absolute Gasteiger partial charge is 0.465 e. The van der Waals surface area contributed by atoms with E-state index in [0.717, 1.165) is 32.1 Å². The van der Waals surface area contributed by atoms with E-state index in [1.165, 1.54) is 0 Å². The number of alkyl halides is 3. The van der Waals surface area contributed by atoms with Gasteiger partial charge in [-0.3, -0.25) is 10.1 Å². The van der Waals surface area contributed by atoms with Crippen LogP contribution in [0, 0.1) is 0 Å². The lowest BCUT2D eigenvalue weighted by molar-refractivity contribution is -0.157. The van der Waals surface area contributed by atoms with Gasteiger partial charge in [0.05, 0.1) is 13.2 Å². The maximum absolute atomic E-state index is 12.4. The molecule has 0 saturated heterocycles. The summed E-state index contributed by atoms with van der Waals surface area (Å²) in [7, 11) is 0. The van der Waals surface area contributed by atoms with Gasteiger partial charge < -0.3 is 4.74 Å². The predicted octanol–water partition coefficient (Wildman–Crippen LogP) is 3.18. The summed E-state index contributed by atoms with van der Waals surface area (Å²) in [5, 5.41) is 2.43. The summed E-state index contributed by atoms with van der Waals surface area (Å²) < 4.78 is 42.2. The Labute approximate surface area is 111 Å². The molecule has 0 aromatic carbocycles. The minimum absolute atomic E-state index is 0.189. The van der Waals surface area contributed by atoms with E-state index in [1.54, 1.807) is 6.92 Å². The summed E-state index contributed by atoms with van der Waals surface area (Å²) in [6.07, 6.45) is 1.01. The van der Waals surface area contributed by atoms with Gasteiger partial charge in [-0.2, -0.15) is 13.2 Å². The van der Waals surface area contributed by atoms with Crippen LogP contribution in [0.5, 0.6) is 0 Å². The smallest absolute Gasteiger partial charge is 0.401 e. The van der Waals surface area contributed by atoms with Gasteiger partial charge in [0, 0.05) is 0 Å². The average Bonchev–Trinajstić information content (AvgIpc) is 2.27. The maximum Gasteiger partial charge on any atom is 0.401 e. The molecule has 19 heavy (non-hydrogen) atoms. The summed E-state index contributed by atoms with van der Waals surface area (Å²) in [6.45, 7) is 0.707. The number of rotatable bonds is 4. The highest BCUT2D eigenvalue weighted by atomic mass is 19.4. The molecule has 1 aliphatic rings. The topological polar surface area (TPSA) is 38.3 Å². The Morgan fingerprint density at radius 3 is 2.16 bits per heavy atom. The van der Waals surface area contributed by atoms with Crippen molar-refractivity contribution in [1.82, 2.24) is 5.32 Å². The molecule has 3 nitrogen and oxygen atoms in total. The average molecular weight is 281 g/mol. The minimum atomic E-state index is -4.32. The second kappa shape index (κ2) is 7.12. The van der Waals surface area contributed by atoms with Crippen molar-refractivity contribution in [2.45, 2.75) is 63.6 Å². The molecule has 112 valence electrons. The fraction of sp³-hybridized carbons (Fsp3) is 0.923. The number of carbonyl (C=O) groups excluding carboxylic acids is 1. The molecule has 0 atom stereocenters. The van der Waals surface area contributed by atoms with E-state index in [9.17, 15) is 18.0 Å². The Kier molecular flexibility index (Phi) is 6.10. The molecule has 0 heterocycles. The normalized spacial score (nSPS) is 20.4. The van der Waals surface area contributed by atoms with Crippen LogP contribution in [0.15, 0.2) is 0 Å². The highest BCUT2D eigenvalue weighted by Gasteiger charge is 2.42. The van der Waals surface area contributed by atoms with E-state index < -0.39 is 24.2 Å². The van der Waals surface area contributed by atoms with E-state index in [1.807, 2.05) is 0 Å². The molecule has 1 saturated carbocycles. The Morgan fingerprint density at radius 1 is 1.16 bits per heavy atom. The molecular formula is C13H22F3NO2. The molecule has 0 aromatic heterocycles. The van der Waals surface area contributed by atoms with Crippen LogP contribution in [0.2, 0.25) is 0 Å². The van der Waals surface area contributed by atoms with Crippen LogP contribution < -0.4 is 5.32 Å². The highest BCUT2D eigenvalue weighted by molar-refractivity contribution is 5.80. The first-order valence-corrected chi connectivity index (χ1v) is 6.89. The van der Waals surface area contributed by atoms with Crippen LogP contribution in [-0.4, -0.2) is 30.8 Å². The maximum atomic E-state index is 12.4. The Balaban J connectivity index is 2.77. The number of nitrogens with one attached hydrogen (secondary N) is 1. The zero-order chi connectivity index (χ0) is 14.4.